The first-order valence-corrected chi connectivity index (χ1v) is 7.23. The Kier molecular flexibility index (Phi) is 3.31. The van der Waals surface area contributed by atoms with Crippen molar-refractivity contribution >= 4 is 5.91 Å². The Labute approximate surface area is 113 Å². The van der Waals surface area contributed by atoms with E-state index < -0.39 is 0 Å². The molecule has 0 aromatic carbocycles. The zero-order valence-corrected chi connectivity index (χ0v) is 11.4. The normalized spacial score (nSPS) is 26.7. The van der Waals surface area contributed by atoms with E-state index in [9.17, 15) is 4.79 Å². The van der Waals surface area contributed by atoms with Crippen molar-refractivity contribution in [2.45, 2.75) is 56.7 Å². The Morgan fingerprint density at radius 3 is 3.05 bits per heavy atom. The number of rotatable bonds is 3. The highest BCUT2D eigenvalue weighted by Crippen LogP contribution is 2.38. The summed E-state index contributed by atoms with van der Waals surface area (Å²) in [6.45, 7) is 2.91. The third kappa shape index (κ3) is 2.52. The first kappa shape index (κ1) is 12.7. The van der Waals surface area contributed by atoms with Gasteiger partial charge in [-0.15, -0.1) is 0 Å². The molecule has 1 aromatic rings. The molecule has 2 atom stereocenters. The van der Waals surface area contributed by atoms with Crippen molar-refractivity contribution in [3.05, 3.63) is 18.5 Å². The van der Waals surface area contributed by atoms with Crippen molar-refractivity contribution in [1.29, 1.82) is 0 Å². The van der Waals surface area contributed by atoms with Gasteiger partial charge in [-0.2, -0.15) is 5.10 Å². The van der Waals surface area contributed by atoms with E-state index in [2.05, 4.69) is 15.7 Å². The Bertz CT molecular complexity index is 438. The molecule has 2 unspecified atom stereocenters. The summed E-state index contributed by atoms with van der Waals surface area (Å²) in [5, 5.41) is 10.9. The van der Waals surface area contributed by atoms with Crippen LogP contribution in [0.15, 0.2) is 18.5 Å². The van der Waals surface area contributed by atoms with E-state index in [1.165, 1.54) is 19.3 Å². The van der Waals surface area contributed by atoms with Crippen molar-refractivity contribution in [2.75, 3.05) is 6.54 Å². The van der Waals surface area contributed by atoms with Gasteiger partial charge in [-0.05, 0) is 51.6 Å². The molecule has 5 heteroatoms. The van der Waals surface area contributed by atoms with Gasteiger partial charge in [0.05, 0.1) is 0 Å². The summed E-state index contributed by atoms with van der Waals surface area (Å²) < 4.78 is 1.70. The predicted molar refractivity (Wildman–Crippen MR) is 72.7 cm³/mol. The molecule has 1 amide bonds. The van der Waals surface area contributed by atoms with Crippen molar-refractivity contribution in [3.63, 3.8) is 0 Å². The van der Waals surface area contributed by atoms with Gasteiger partial charge in [0.15, 0.2) is 0 Å². The number of hydrogen-bond donors (Lipinski definition) is 2. The van der Waals surface area contributed by atoms with Crippen LogP contribution in [-0.4, -0.2) is 33.8 Å². The van der Waals surface area contributed by atoms with Crippen LogP contribution in [0.5, 0.6) is 0 Å². The molecule has 1 aliphatic heterocycles. The first-order valence-electron chi connectivity index (χ1n) is 7.23. The zero-order valence-electron chi connectivity index (χ0n) is 11.4. The standard InChI is InChI=1S/C14H22N4O/c1-11(18-9-3-7-16-18)13(19)17-12-4-8-15-14(10-12)5-2-6-14/h3,7,9,11-12,15H,2,4-6,8,10H2,1H3,(H,17,19). The fraction of sp³-hybridized carbons (Fsp3) is 0.714. The number of nitrogens with zero attached hydrogens (tertiary/aromatic N) is 2. The molecule has 1 aliphatic carbocycles. The lowest BCUT2D eigenvalue weighted by Crippen LogP contribution is -2.60. The lowest BCUT2D eigenvalue weighted by atomic mass is 9.70. The van der Waals surface area contributed by atoms with Gasteiger partial charge in [-0.25, -0.2) is 0 Å². The van der Waals surface area contributed by atoms with Crippen LogP contribution in [-0.2, 0) is 4.79 Å². The third-order valence-electron chi connectivity index (χ3n) is 4.59. The predicted octanol–water partition coefficient (Wildman–Crippen LogP) is 1.23. The molecule has 1 saturated heterocycles. The molecule has 2 aliphatic rings. The van der Waals surface area contributed by atoms with E-state index in [1.54, 1.807) is 10.9 Å². The second-order valence-corrected chi connectivity index (χ2v) is 5.92. The van der Waals surface area contributed by atoms with Crippen molar-refractivity contribution < 1.29 is 4.79 Å². The topological polar surface area (TPSA) is 59.0 Å². The molecule has 1 saturated carbocycles. The smallest absolute Gasteiger partial charge is 0.244 e. The van der Waals surface area contributed by atoms with Gasteiger partial charge < -0.3 is 10.6 Å². The van der Waals surface area contributed by atoms with Crippen LogP contribution in [0.4, 0.5) is 0 Å². The van der Waals surface area contributed by atoms with Gasteiger partial charge in [0.2, 0.25) is 5.91 Å². The van der Waals surface area contributed by atoms with Gasteiger partial charge in [0.1, 0.15) is 6.04 Å². The molecule has 0 bridgehead atoms. The van der Waals surface area contributed by atoms with Crippen LogP contribution < -0.4 is 10.6 Å². The molecule has 3 rings (SSSR count). The van der Waals surface area contributed by atoms with Gasteiger partial charge in [0.25, 0.3) is 0 Å². The average Bonchev–Trinajstić information content (AvgIpc) is 2.90. The maximum atomic E-state index is 12.2. The minimum atomic E-state index is -0.234. The maximum absolute atomic E-state index is 12.2. The van der Waals surface area contributed by atoms with E-state index in [-0.39, 0.29) is 11.9 Å². The number of carbonyl (C=O) groups excluding carboxylic acids is 1. The molecule has 5 nitrogen and oxygen atoms in total. The molecule has 104 valence electrons. The summed E-state index contributed by atoms with van der Waals surface area (Å²) in [7, 11) is 0. The molecule has 2 heterocycles. The lowest BCUT2D eigenvalue weighted by molar-refractivity contribution is -0.125. The zero-order chi connectivity index (χ0) is 13.3. The van der Waals surface area contributed by atoms with Crippen LogP contribution >= 0.6 is 0 Å². The van der Waals surface area contributed by atoms with E-state index in [0.29, 0.717) is 11.6 Å². The number of piperidine rings is 1. The quantitative estimate of drug-likeness (QED) is 0.861. The molecule has 1 spiro atoms. The third-order valence-corrected chi connectivity index (χ3v) is 4.59. The van der Waals surface area contributed by atoms with Gasteiger partial charge in [0, 0.05) is 24.0 Å². The van der Waals surface area contributed by atoms with E-state index in [0.717, 1.165) is 19.4 Å². The van der Waals surface area contributed by atoms with E-state index in [1.807, 2.05) is 19.2 Å². The molecule has 2 N–H and O–H groups in total. The first-order chi connectivity index (χ1) is 9.19. The van der Waals surface area contributed by atoms with Crippen molar-refractivity contribution in [3.8, 4) is 0 Å². The highest BCUT2D eigenvalue weighted by Gasteiger charge is 2.41. The van der Waals surface area contributed by atoms with E-state index in [4.69, 9.17) is 0 Å². The number of carbonyl (C=O) groups is 1. The summed E-state index contributed by atoms with van der Waals surface area (Å²) in [6, 6.07) is 1.92. The van der Waals surface area contributed by atoms with Crippen molar-refractivity contribution in [2.24, 2.45) is 0 Å². The molecular weight excluding hydrogens is 240 g/mol. The highest BCUT2D eigenvalue weighted by atomic mass is 16.2. The fourth-order valence-corrected chi connectivity index (χ4v) is 3.22. The van der Waals surface area contributed by atoms with Gasteiger partial charge in [-0.3, -0.25) is 9.48 Å². The number of aromatic nitrogens is 2. The van der Waals surface area contributed by atoms with Crippen LogP contribution in [0.25, 0.3) is 0 Å². The molecule has 2 fully saturated rings. The van der Waals surface area contributed by atoms with Crippen LogP contribution in [0.1, 0.15) is 45.1 Å². The minimum absolute atomic E-state index is 0.0741. The Morgan fingerprint density at radius 1 is 1.58 bits per heavy atom. The summed E-state index contributed by atoms with van der Waals surface area (Å²) in [5.41, 5.74) is 0.325. The number of amides is 1. The van der Waals surface area contributed by atoms with Crippen LogP contribution in [0.3, 0.4) is 0 Å². The summed E-state index contributed by atoms with van der Waals surface area (Å²) >= 11 is 0. The number of hydrogen-bond acceptors (Lipinski definition) is 3. The Balaban J connectivity index is 1.57. The fourth-order valence-electron chi connectivity index (χ4n) is 3.22. The molecule has 1 aromatic heterocycles. The van der Waals surface area contributed by atoms with Crippen LogP contribution in [0.2, 0.25) is 0 Å². The Hall–Kier alpha value is -1.36. The van der Waals surface area contributed by atoms with Crippen molar-refractivity contribution in [1.82, 2.24) is 20.4 Å². The minimum Gasteiger partial charge on any atom is -0.351 e. The largest absolute Gasteiger partial charge is 0.351 e. The van der Waals surface area contributed by atoms with Crippen LogP contribution in [0, 0.1) is 0 Å². The highest BCUT2D eigenvalue weighted by molar-refractivity contribution is 5.80. The number of nitrogens with one attached hydrogen (secondary N) is 2. The molecule has 0 radical (unpaired) electrons. The lowest BCUT2D eigenvalue weighted by Gasteiger charge is -2.48. The second kappa shape index (κ2) is 4.96. The monoisotopic (exact) mass is 262 g/mol. The SMILES string of the molecule is CC(C(=O)NC1CCNC2(CCC2)C1)n1cccn1. The Morgan fingerprint density at radius 2 is 2.42 bits per heavy atom. The summed E-state index contributed by atoms with van der Waals surface area (Å²) in [4.78, 5) is 12.2. The summed E-state index contributed by atoms with van der Waals surface area (Å²) in [5.74, 6) is 0.0741. The molecule has 19 heavy (non-hydrogen) atoms. The summed E-state index contributed by atoms with van der Waals surface area (Å²) in [6.07, 6.45) is 9.47. The molecular formula is C14H22N4O. The van der Waals surface area contributed by atoms with Gasteiger partial charge in [-0.1, -0.05) is 0 Å². The maximum Gasteiger partial charge on any atom is 0.244 e. The second-order valence-electron chi connectivity index (χ2n) is 5.92. The average molecular weight is 262 g/mol. The van der Waals surface area contributed by atoms with Gasteiger partial charge >= 0.3 is 0 Å². The van der Waals surface area contributed by atoms with E-state index >= 15 is 0 Å².